The van der Waals surface area contributed by atoms with Gasteiger partial charge in [-0.05, 0) is 30.4 Å². The highest BCUT2D eigenvalue weighted by molar-refractivity contribution is 7.25. The van der Waals surface area contributed by atoms with E-state index in [-0.39, 0.29) is 14.5 Å². The molecule has 2 fully saturated rings. The van der Waals surface area contributed by atoms with E-state index in [0.717, 1.165) is 18.4 Å². The predicted molar refractivity (Wildman–Crippen MR) is 102 cm³/mol. The van der Waals surface area contributed by atoms with Crippen LogP contribution in [0, 0.1) is 5.92 Å². The lowest BCUT2D eigenvalue weighted by Gasteiger charge is -2.39. The molecule has 0 amide bonds. The van der Waals surface area contributed by atoms with E-state index < -0.39 is 17.4 Å². The van der Waals surface area contributed by atoms with E-state index in [1.807, 2.05) is 12.1 Å². The zero-order valence-electron chi connectivity index (χ0n) is 15.5. The van der Waals surface area contributed by atoms with Crippen molar-refractivity contribution in [2.75, 3.05) is 13.2 Å². The van der Waals surface area contributed by atoms with E-state index in [9.17, 15) is 19.6 Å². The minimum Gasteiger partial charge on any atom is -0.478 e. The number of benzene rings is 1. The van der Waals surface area contributed by atoms with Gasteiger partial charge in [0.1, 0.15) is 6.10 Å². The zero-order valence-corrected chi connectivity index (χ0v) is 16.4. The number of carbonyl (C=O) groups is 1. The third-order valence-electron chi connectivity index (χ3n) is 5.79. The molecule has 27 heavy (non-hydrogen) atoms. The summed E-state index contributed by atoms with van der Waals surface area (Å²) in [5.74, 6) is -0.541. The first-order chi connectivity index (χ1) is 13.0. The lowest BCUT2D eigenvalue weighted by Crippen LogP contribution is -2.55. The van der Waals surface area contributed by atoms with E-state index in [4.69, 9.17) is 4.74 Å². The van der Waals surface area contributed by atoms with Crippen LogP contribution >= 0.6 is 8.46 Å². The van der Waals surface area contributed by atoms with Gasteiger partial charge < -0.3 is 20.3 Å². The number of ether oxygens (including phenoxy) is 1. The molecule has 1 aliphatic carbocycles. The van der Waals surface area contributed by atoms with Crippen LogP contribution in [-0.4, -0.2) is 46.8 Å². The normalized spacial score (nSPS) is 26.6. The van der Waals surface area contributed by atoms with Gasteiger partial charge in [-0.15, -0.1) is 0 Å². The molecule has 6 nitrogen and oxygen atoms in total. The van der Waals surface area contributed by atoms with Gasteiger partial charge in [-0.2, -0.15) is 0 Å². The first kappa shape index (κ1) is 20.4. The maximum absolute atomic E-state index is 11.8. The maximum Gasteiger partial charge on any atom is 0.335 e. The Morgan fingerprint density at radius 1 is 1.26 bits per heavy atom. The van der Waals surface area contributed by atoms with E-state index >= 15 is 0 Å². The molecule has 0 spiro atoms. The standard InChI is InChI=1S/C20H28NO5P/c22-19(23)17-9-5-4-8-15(17)10-16-13-26-18(12-21-16)20(24,27-25)11-14-6-2-1-3-7-14/h4-5,8-9,14,16,18,21,24H,1-3,6-7,10-13H2,(H,22,23)/t16-,18-,20?/m1/s1. The minimum atomic E-state index is -1.36. The molecule has 3 rings (SSSR count). The number of carboxylic acid groups (broad SMARTS) is 1. The molecule has 1 heterocycles. The number of aliphatic hydroxyl groups is 1. The van der Waals surface area contributed by atoms with Crippen LogP contribution in [0.1, 0.15) is 54.4 Å². The fraction of sp³-hybridized carbons (Fsp3) is 0.650. The first-order valence-corrected chi connectivity index (χ1v) is 10.6. The third kappa shape index (κ3) is 5.14. The van der Waals surface area contributed by atoms with Gasteiger partial charge in [-0.1, -0.05) is 50.3 Å². The summed E-state index contributed by atoms with van der Waals surface area (Å²) < 4.78 is 17.7. The Morgan fingerprint density at radius 2 is 2.00 bits per heavy atom. The summed E-state index contributed by atoms with van der Waals surface area (Å²) in [6, 6.07) is 6.92. The van der Waals surface area contributed by atoms with Crippen molar-refractivity contribution in [2.24, 2.45) is 5.92 Å². The van der Waals surface area contributed by atoms with Crippen molar-refractivity contribution in [1.82, 2.24) is 5.32 Å². The summed E-state index contributed by atoms with van der Waals surface area (Å²) in [7, 11) is -0.287. The number of aromatic carboxylic acids is 1. The zero-order chi connectivity index (χ0) is 19.3. The van der Waals surface area contributed by atoms with Crippen LogP contribution in [0.15, 0.2) is 24.3 Å². The average Bonchev–Trinajstić information content (AvgIpc) is 2.69. The number of hydrogen-bond donors (Lipinski definition) is 3. The molecule has 2 aliphatic rings. The number of nitrogens with one attached hydrogen (secondary N) is 1. The van der Waals surface area contributed by atoms with Gasteiger partial charge in [0.15, 0.2) is 13.8 Å². The largest absolute Gasteiger partial charge is 0.478 e. The SMILES string of the molecule is O=PC(O)(CC1CCCCC1)[C@H]1CN[C@H](Cc2ccccc2C(=O)O)CO1. The highest BCUT2D eigenvalue weighted by atomic mass is 31.1. The fourth-order valence-corrected chi connectivity index (χ4v) is 4.88. The first-order valence-electron chi connectivity index (χ1n) is 9.75. The molecule has 3 N–H and O–H groups in total. The minimum absolute atomic E-state index is 0.0380. The highest BCUT2D eigenvalue weighted by Gasteiger charge is 2.43. The topological polar surface area (TPSA) is 95.9 Å². The van der Waals surface area contributed by atoms with Gasteiger partial charge in [-0.25, -0.2) is 4.79 Å². The Bertz CT molecular complexity index is 656. The Morgan fingerprint density at radius 3 is 2.63 bits per heavy atom. The van der Waals surface area contributed by atoms with E-state index in [1.54, 1.807) is 12.1 Å². The van der Waals surface area contributed by atoms with Gasteiger partial charge in [0.05, 0.1) is 12.2 Å². The summed E-state index contributed by atoms with van der Waals surface area (Å²) in [5.41, 5.74) is 1.05. The van der Waals surface area contributed by atoms with Crippen LogP contribution in [0.4, 0.5) is 0 Å². The predicted octanol–water partition coefficient (Wildman–Crippen LogP) is 3.24. The monoisotopic (exact) mass is 393 g/mol. The molecule has 1 aromatic rings. The van der Waals surface area contributed by atoms with Gasteiger partial charge in [0, 0.05) is 12.6 Å². The molecule has 7 heteroatoms. The quantitative estimate of drug-likeness (QED) is 0.616. The fourth-order valence-electron chi connectivity index (χ4n) is 4.27. The molecule has 0 aromatic heterocycles. The smallest absolute Gasteiger partial charge is 0.335 e. The molecule has 1 aromatic carbocycles. The number of hydrogen-bond acceptors (Lipinski definition) is 5. The molecule has 148 valence electrons. The Kier molecular flexibility index (Phi) is 6.99. The second-order valence-corrected chi connectivity index (χ2v) is 8.73. The van der Waals surface area contributed by atoms with Crippen molar-refractivity contribution in [1.29, 1.82) is 0 Å². The van der Waals surface area contributed by atoms with Crippen LogP contribution in [0.2, 0.25) is 0 Å². The van der Waals surface area contributed by atoms with Crippen LogP contribution in [0.3, 0.4) is 0 Å². The van der Waals surface area contributed by atoms with Gasteiger partial charge in [-0.3, -0.25) is 4.57 Å². The molecule has 1 saturated heterocycles. The summed E-state index contributed by atoms with van der Waals surface area (Å²) in [6.07, 6.45) is 6.24. The number of carboxylic acids is 1. The van der Waals surface area contributed by atoms with Crippen LogP contribution in [0.25, 0.3) is 0 Å². The van der Waals surface area contributed by atoms with Crippen LogP contribution in [-0.2, 0) is 15.7 Å². The maximum atomic E-state index is 11.8. The Balaban J connectivity index is 1.57. The number of rotatable bonds is 7. The van der Waals surface area contributed by atoms with Crippen molar-refractivity contribution >= 4 is 14.4 Å². The van der Waals surface area contributed by atoms with Crippen molar-refractivity contribution in [2.45, 2.75) is 62.4 Å². The van der Waals surface area contributed by atoms with Crippen LogP contribution in [0.5, 0.6) is 0 Å². The third-order valence-corrected chi connectivity index (χ3v) is 6.58. The summed E-state index contributed by atoms with van der Waals surface area (Å²) in [4.78, 5) is 11.4. The second kappa shape index (κ2) is 9.24. The van der Waals surface area contributed by atoms with Gasteiger partial charge in [0.25, 0.3) is 0 Å². The van der Waals surface area contributed by atoms with E-state index in [0.29, 0.717) is 37.5 Å². The lowest BCUT2D eigenvalue weighted by atomic mass is 9.84. The number of morpholine rings is 1. The van der Waals surface area contributed by atoms with Crippen molar-refractivity contribution in [3.05, 3.63) is 35.4 Å². The van der Waals surface area contributed by atoms with Crippen molar-refractivity contribution < 1.29 is 24.3 Å². The molecule has 1 saturated carbocycles. The van der Waals surface area contributed by atoms with Gasteiger partial charge >= 0.3 is 5.97 Å². The highest BCUT2D eigenvalue weighted by Crippen LogP contribution is 2.39. The second-order valence-electron chi connectivity index (χ2n) is 7.77. The summed E-state index contributed by atoms with van der Waals surface area (Å²) in [5, 5.41) is 22.2. The lowest BCUT2D eigenvalue weighted by molar-refractivity contribution is -0.0942. The molecule has 3 atom stereocenters. The molecular formula is C20H28NO5P. The summed E-state index contributed by atoms with van der Waals surface area (Å²) >= 11 is 0. The molecule has 1 aliphatic heterocycles. The van der Waals surface area contributed by atoms with E-state index in [1.165, 1.54) is 19.3 Å². The molecular weight excluding hydrogens is 365 g/mol. The Hall–Kier alpha value is -1.33. The van der Waals surface area contributed by atoms with Crippen molar-refractivity contribution in [3.8, 4) is 0 Å². The molecule has 1 unspecified atom stereocenters. The summed E-state index contributed by atoms with van der Waals surface area (Å²) in [6.45, 7) is 0.749. The Labute approximate surface area is 161 Å². The van der Waals surface area contributed by atoms with Crippen LogP contribution < -0.4 is 5.32 Å². The molecule has 0 bridgehead atoms. The van der Waals surface area contributed by atoms with Gasteiger partial charge in [0.2, 0.25) is 0 Å². The van der Waals surface area contributed by atoms with E-state index in [2.05, 4.69) is 5.32 Å². The van der Waals surface area contributed by atoms with Crippen molar-refractivity contribution in [3.63, 3.8) is 0 Å². The molecule has 0 radical (unpaired) electrons. The average molecular weight is 393 g/mol.